The molecule has 14 nitrogen and oxygen atoms in total. The summed E-state index contributed by atoms with van der Waals surface area (Å²) < 4.78 is 46.6. The Labute approximate surface area is 296 Å². The molecule has 5 rings (SSSR count). The number of aromatic nitrogens is 2. The van der Waals surface area contributed by atoms with Crippen molar-refractivity contribution in [1.82, 2.24) is 5.16 Å². The largest absolute Gasteiger partial charge is 0.466 e. The van der Waals surface area contributed by atoms with E-state index in [2.05, 4.69) is 30.2 Å². The van der Waals surface area contributed by atoms with Crippen LogP contribution in [0, 0.1) is 34.3 Å². The summed E-state index contributed by atoms with van der Waals surface area (Å²) in [6.07, 6.45) is 0.840. The first kappa shape index (κ1) is 38.2. The average Bonchev–Trinajstić information content (AvgIpc) is 3.28. The van der Waals surface area contributed by atoms with Crippen molar-refractivity contribution in [3.05, 3.63) is 59.3 Å². The molecule has 3 aliphatic carbocycles. The van der Waals surface area contributed by atoms with E-state index in [1.165, 1.54) is 24.3 Å². The van der Waals surface area contributed by atoms with Gasteiger partial charge in [-0.05, 0) is 90.4 Å². The number of unbranched alkanes of at least 4 members (excludes halogenated alkanes) is 1. The van der Waals surface area contributed by atoms with E-state index >= 15 is 0 Å². The molecule has 2 aromatic rings. The molecule has 51 heavy (non-hydrogen) atoms. The molecule has 1 aromatic carbocycles. The van der Waals surface area contributed by atoms with Gasteiger partial charge in [-0.25, -0.2) is 8.42 Å². The van der Waals surface area contributed by atoms with Crippen LogP contribution in [0.1, 0.15) is 72.6 Å². The van der Waals surface area contributed by atoms with Crippen LogP contribution in [-0.4, -0.2) is 72.5 Å². The van der Waals surface area contributed by atoms with Gasteiger partial charge in [0.1, 0.15) is 11.7 Å². The monoisotopic (exact) mass is 730 g/mol. The SMILES string of the molecule is C=C1CC[C@H]2[C@@H](/C=C(\C)C(=O)[C@@]3(O)C[C@H](C)[C@H](O)[C@@H]3[C@H]1OC(=O)CCC(=O)OCCCCOc1no[n+]([O-])c1S(=O)(=O)c1ccccc1)C2(C)C. The smallest absolute Gasteiger partial charge is 0.414 e. The van der Waals surface area contributed by atoms with Gasteiger partial charge in [-0.15, -0.1) is 0 Å². The number of hydrogen-bond acceptors (Lipinski definition) is 13. The lowest BCUT2D eigenvalue weighted by molar-refractivity contribution is -0.832. The molecule has 3 aliphatic rings. The molecule has 0 amide bonds. The first-order chi connectivity index (χ1) is 24.0. The molecule has 15 heteroatoms. The number of sulfone groups is 1. The topological polar surface area (TPSA) is 206 Å². The van der Waals surface area contributed by atoms with Gasteiger partial charge in [0.2, 0.25) is 0 Å². The van der Waals surface area contributed by atoms with E-state index in [9.17, 15) is 38.2 Å². The fourth-order valence-electron chi connectivity index (χ4n) is 7.58. The molecule has 1 heterocycles. The van der Waals surface area contributed by atoms with E-state index in [0.29, 0.717) is 30.4 Å². The van der Waals surface area contributed by atoms with Crippen LogP contribution in [0.15, 0.2) is 68.7 Å². The molecule has 2 fully saturated rings. The first-order valence-corrected chi connectivity index (χ1v) is 18.7. The molecule has 2 N–H and O–H groups in total. The number of carbonyl (C=O) groups is 3. The molecule has 7 atom stereocenters. The summed E-state index contributed by atoms with van der Waals surface area (Å²) in [7, 11) is -4.26. The van der Waals surface area contributed by atoms with Gasteiger partial charge in [-0.1, -0.05) is 51.6 Å². The number of esters is 2. The Hall–Kier alpha value is -4.08. The van der Waals surface area contributed by atoms with Crippen molar-refractivity contribution in [3.8, 4) is 5.88 Å². The van der Waals surface area contributed by atoms with Crippen molar-refractivity contribution in [2.24, 2.45) is 29.1 Å². The van der Waals surface area contributed by atoms with Gasteiger partial charge in [-0.3, -0.25) is 19.0 Å². The highest BCUT2D eigenvalue weighted by atomic mass is 32.2. The second-order valence-corrected chi connectivity index (χ2v) is 16.4. The van der Waals surface area contributed by atoms with E-state index in [4.69, 9.17) is 14.2 Å². The summed E-state index contributed by atoms with van der Waals surface area (Å²) in [5.41, 5.74) is -1.07. The number of aliphatic hydroxyl groups excluding tert-OH is 1. The summed E-state index contributed by atoms with van der Waals surface area (Å²) in [6, 6.07) is 7.28. The Morgan fingerprint density at radius 2 is 1.80 bits per heavy atom. The number of Topliss-reactive ketones (excluding diaryl/α,β-unsaturated/α-hetero) is 1. The van der Waals surface area contributed by atoms with Crippen LogP contribution in [-0.2, 0) is 33.7 Å². The van der Waals surface area contributed by atoms with Gasteiger partial charge >= 0.3 is 22.8 Å². The first-order valence-electron chi connectivity index (χ1n) is 17.2. The molecule has 1 aromatic heterocycles. The van der Waals surface area contributed by atoms with Crippen LogP contribution in [0.2, 0.25) is 0 Å². The lowest BCUT2D eigenvalue weighted by atomic mass is 9.77. The summed E-state index contributed by atoms with van der Waals surface area (Å²) in [6.45, 7) is 11.8. The third-order valence-electron chi connectivity index (χ3n) is 10.6. The number of ketones is 1. The maximum Gasteiger partial charge on any atom is 0.414 e. The highest BCUT2D eigenvalue weighted by Crippen LogP contribution is 2.62. The van der Waals surface area contributed by atoms with E-state index in [-0.39, 0.29) is 59.5 Å². The van der Waals surface area contributed by atoms with Crippen LogP contribution in [0.4, 0.5) is 0 Å². The summed E-state index contributed by atoms with van der Waals surface area (Å²) in [5, 5.41) is 37.7. The Morgan fingerprint density at radius 3 is 2.51 bits per heavy atom. The maximum absolute atomic E-state index is 13.7. The van der Waals surface area contributed by atoms with Crippen molar-refractivity contribution in [2.75, 3.05) is 13.2 Å². The van der Waals surface area contributed by atoms with E-state index < -0.39 is 68.1 Å². The number of allylic oxidation sites excluding steroid dienone is 1. The lowest BCUT2D eigenvalue weighted by Gasteiger charge is -2.36. The maximum atomic E-state index is 13.7. The lowest BCUT2D eigenvalue weighted by Crippen LogP contribution is -2.52. The quantitative estimate of drug-likeness (QED) is 0.139. The van der Waals surface area contributed by atoms with E-state index in [1.54, 1.807) is 19.9 Å². The zero-order valence-corrected chi connectivity index (χ0v) is 30.1. The molecule has 0 spiro atoms. The number of rotatable bonds is 12. The van der Waals surface area contributed by atoms with Crippen LogP contribution in [0.25, 0.3) is 0 Å². The third-order valence-corrected chi connectivity index (χ3v) is 12.4. The molecule has 0 saturated heterocycles. The fourth-order valence-corrected chi connectivity index (χ4v) is 8.88. The standard InChI is InChI=1S/C36H46N2O12S/c1-21-13-14-25-26(35(25,4)5)19-22(2)32(42)36(43)20-23(3)30(41)29(36)31(21)49-28(40)16-15-27(39)47-17-9-10-18-48-33-34(38(44)50-37-33)51(45,46)24-11-7-6-8-12-24/h6-8,11-12,19,23,25-26,29-31,41,43H,1,9-10,13-18,20H2,2-5H3/b22-19+/t23-,25-,26+,29+,30-,31-,36+/m0/s1. The minimum absolute atomic E-state index is 0.00418. The van der Waals surface area contributed by atoms with Crippen LogP contribution < -0.4 is 9.64 Å². The Kier molecular flexibility index (Phi) is 11.1. The molecule has 0 bridgehead atoms. The average molecular weight is 731 g/mol. The summed E-state index contributed by atoms with van der Waals surface area (Å²) in [5.74, 6) is -3.53. The van der Waals surface area contributed by atoms with E-state index in [0.717, 1.165) is 6.42 Å². The number of hydrogen-bond donors (Lipinski definition) is 2. The molecular weight excluding hydrogens is 684 g/mol. The molecule has 0 aliphatic heterocycles. The number of aliphatic hydroxyl groups is 2. The van der Waals surface area contributed by atoms with Gasteiger partial charge in [0.05, 0.1) is 48.1 Å². The number of carbonyl (C=O) groups excluding carboxylic acids is 3. The number of nitrogens with zero attached hydrogens (tertiary/aromatic N) is 2. The normalized spacial score (nSPS) is 29.9. The van der Waals surface area contributed by atoms with Gasteiger partial charge in [0.15, 0.2) is 5.78 Å². The molecular formula is C36H46N2O12S. The number of fused-ring (bicyclic) bond motifs is 2. The minimum Gasteiger partial charge on any atom is -0.466 e. The van der Waals surface area contributed by atoms with E-state index in [1.807, 2.05) is 6.08 Å². The highest BCUT2D eigenvalue weighted by molar-refractivity contribution is 7.91. The molecule has 0 radical (unpaired) electrons. The summed E-state index contributed by atoms with van der Waals surface area (Å²) in [4.78, 5) is 38.9. The second kappa shape index (κ2) is 14.9. The number of ether oxygens (including phenoxy) is 3. The van der Waals surface area contributed by atoms with Crippen molar-refractivity contribution in [2.45, 2.75) is 100 Å². The Bertz CT molecular complexity index is 1790. The molecule has 278 valence electrons. The van der Waals surface area contributed by atoms with Gasteiger partial charge in [-0.2, -0.15) is 0 Å². The van der Waals surface area contributed by atoms with Crippen LogP contribution >= 0.6 is 0 Å². The zero-order chi connectivity index (χ0) is 37.3. The zero-order valence-electron chi connectivity index (χ0n) is 29.3. The van der Waals surface area contributed by atoms with Crippen LogP contribution in [0.3, 0.4) is 0 Å². The number of benzene rings is 1. The highest BCUT2D eigenvalue weighted by Gasteiger charge is 2.61. The molecule has 2 saturated carbocycles. The fraction of sp³-hybridized carbons (Fsp3) is 0.583. The van der Waals surface area contributed by atoms with Gasteiger partial charge < -0.3 is 29.6 Å². The Balaban J connectivity index is 1.12. The van der Waals surface area contributed by atoms with Gasteiger partial charge in [0, 0.05) is 0 Å². The van der Waals surface area contributed by atoms with Crippen LogP contribution in [0.5, 0.6) is 5.88 Å². The second-order valence-electron chi connectivity index (χ2n) is 14.5. The van der Waals surface area contributed by atoms with Crippen molar-refractivity contribution < 1.29 is 56.8 Å². The van der Waals surface area contributed by atoms with Crippen molar-refractivity contribution in [1.29, 1.82) is 0 Å². The third kappa shape index (κ3) is 7.75. The summed E-state index contributed by atoms with van der Waals surface area (Å²) >= 11 is 0. The van der Waals surface area contributed by atoms with Crippen molar-refractivity contribution >= 4 is 27.6 Å². The minimum atomic E-state index is -4.26. The Morgan fingerprint density at radius 1 is 1.14 bits per heavy atom. The molecule has 0 unspecified atom stereocenters. The van der Waals surface area contributed by atoms with Gasteiger partial charge in [0.25, 0.3) is 9.84 Å². The predicted molar refractivity (Wildman–Crippen MR) is 178 cm³/mol. The predicted octanol–water partition coefficient (Wildman–Crippen LogP) is 3.42. The van der Waals surface area contributed by atoms with Crippen molar-refractivity contribution in [3.63, 3.8) is 0 Å².